The Labute approximate surface area is 374 Å². The average Bonchev–Trinajstić information content (AvgIpc) is 3.68. The van der Waals surface area contributed by atoms with Gasteiger partial charge in [0.15, 0.2) is 0 Å². The summed E-state index contributed by atoms with van der Waals surface area (Å²) in [7, 11) is 0. The van der Waals surface area contributed by atoms with Crippen molar-refractivity contribution in [2.45, 2.75) is 92.3 Å². The zero-order chi connectivity index (χ0) is 53.8. The topological polar surface area (TPSA) is 50.9 Å². The van der Waals surface area contributed by atoms with E-state index in [1.807, 2.05) is 125 Å². The van der Waals surface area contributed by atoms with E-state index >= 15 is 0 Å². The first-order valence-electron chi connectivity index (χ1n) is 26.6. The van der Waals surface area contributed by atoms with Crippen LogP contribution in [0.25, 0.3) is 72.7 Å². The highest BCUT2D eigenvalue weighted by atomic mass is 16.3. The van der Waals surface area contributed by atoms with Crippen LogP contribution in [0.5, 0.6) is 5.75 Å². The molecular weight excluding hydrogens is 731 g/mol. The van der Waals surface area contributed by atoms with Crippen molar-refractivity contribution in [2.75, 3.05) is 0 Å². The van der Waals surface area contributed by atoms with Crippen molar-refractivity contribution >= 4 is 11.0 Å². The maximum Gasteiger partial charge on any atom is 0.149 e. The van der Waals surface area contributed by atoms with Gasteiger partial charge in [-0.1, -0.05) is 153 Å². The molecule has 1 N–H and O–H groups in total. The summed E-state index contributed by atoms with van der Waals surface area (Å²) >= 11 is 0. The van der Waals surface area contributed by atoms with Gasteiger partial charge < -0.3 is 5.11 Å². The zero-order valence-corrected chi connectivity index (χ0v) is 35.5. The average molecular weight is 801 g/mol. The monoisotopic (exact) mass is 801 g/mol. The molecule has 0 radical (unpaired) electrons. The Balaban J connectivity index is 1.46. The lowest BCUT2D eigenvalue weighted by Gasteiger charge is -2.27. The van der Waals surface area contributed by atoms with Crippen LogP contribution in [0.2, 0.25) is 0 Å². The molecule has 0 fully saturated rings. The van der Waals surface area contributed by atoms with E-state index < -0.39 is 83.7 Å². The van der Waals surface area contributed by atoms with E-state index in [2.05, 4.69) is 25.8 Å². The molecule has 0 spiro atoms. The molecule has 6 aromatic carbocycles. The Hall–Kier alpha value is -6.26. The molecule has 0 bridgehead atoms. The first kappa shape index (κ1) is 27.5. The summed E-state index contributed by atoms with van der Waals surface area (Å²) in [5.74, 6) is 0.373. The highest BCUT2D eigenvalue weighted by Gasteiger charge is 2.29. The fourth-order valence-electron chi connectivity index (χ4n) is 7.49. The van der Waals surface area contributed by atoms with Gasteiger partial charge >= 0.3 is 0 Å². The van der Waals surface area contributed by atoms with Crippen molar-refractivity contribution in [2.24, 2.45) is 0 Å². The van der Waals surface area contributed by atoms with Gasteiger partial charge in [-0.05, 0) is 123 Å². The van der Waals surface area contributed by atoms with Gasteiger partial charge in [0.05, 0.1) is 31.9 Å². The smallest absolute Gasteiger partial charge is 0.149 e. The van der Waals surface area contributed by atoms with Gasteiger partial charge in [-0.15, -0.1) is 0 Å². The number of fused-ring (bicyclic) bond motifs is 1. The molecule has 0 saturated heterocycles. The third kappa shape index (κ3) is 7.79. The molecule has 0 aliphatic heterocycles. The fraction of sp³-hybridized carbons (Fsp3) is 0.250. The molecule has 60 heavy (non-hydrogen) atoms. The minimum Gasteiger partial charge on any atom is -0.507 e. The van der Waals surface area contributed by atoms with E-state index in [9.17, 15) is 6.48 Å². The Morgan fingerprint density at radius 2 is 1.30 bits per heavy atom. The van der Waals surface area contributed by atoms with Crippen molar-refractivity contribution in [3.63, 3.8) is 0 Å². The van der Waals surface area contributed by atoms with Crippen molar-refractivity contribution in [3.8, 4) is 67.5 Å². The van der Waals surface area contributed by atoms with Gasteiger partial charge in [0, 0.05) is 36.8 Å². The number of benzene rings is 6. The Morgan fingerprint density at radius 1 is 0.583 bits per heavy atom. The van der Waals surface area contributed by atoms with Crippen molar-refractivity contribution in [1.82, 2.24) is 14.5 Å². The Kier molecular flexibility index (Phi) is 6.91. The van der Waals surface area contributed by atoms with E-state index in [0.29, 0.717) is 55.9 Å². The van der Waals surface area contributed by atoms with Gasteiger partial charge in [0.2, 0.25) is 0 Å². The van der Waals surface area contributed by atoms with Crippen molar-refractivity contribution < 1.29 is 22.9 Å². The second-order valence-electron chi connectivity index (χ2n) is 18.5. The van der Waals surface area contributed by atoms with Crippen LogP contribution >= 0.6 is 0 Å². The number of para-hydroxylation sites is 1. The van der Waals surface area contributed by atoms with Gasteiger partial charge in [-0.3, -0.25) is 9.55 Å². The number of hydrogen-bond donors (Lipinski definition) is 1. The molecule has 8 rings (SSSR count). The molecular formula is C56H57N3O. The van der Waals surface area contributed by atoms with Crippen LogP contribution in [0, 0.1) is 13.7 Å². The Morgan fingerprint density at radius 3 is 1.98 bits per heavy atom. The minimum absolute atomic E-state index is 0.0243. The van der Waals surface area contributed by atoms with Gasteiger partial charge in [0.1, 0.15) is 11.6 Å². The van der Waals surface area contributed by atoms with E-state index in [1.54, 1.807) is 18.2 Å². The number of phenolic OH excluding ortho intramolecular Hbond substituents is 1. The highest BCUT2D eigenvalue weighted by molar-refractivity contribution is 5.97. The molecule has 4 nitrogen and oxygen atoms in total. The predicted molar refractivity (Wildman–Crippen MR) is 253 cm³/mol. The molecule has 2 aromatic heterocycles. The number of aryl methyl sites for hydroxylation is 1. The Bertz CT molecular complexity index is 3490. The molecule has 4 heteroatoms. The summed E-state index contributed by atoms with van der Waals surface area (Å²) < 4.78 is 114. The lowest BCUT2D eigenvalue weighted by molar-refractivity contribution is 0.446. The minimum atomic E-state index is -2.99. The van der Waals surface area contributed by atoms with E-state index in [-0.39, 0.29) is 22.4 Å². The first-order chi connectivity index (χ1) is 33.7. The zero-order valence-electron chi connectivity index (χ0n) is 48.5. The SMILES string of the molecule is [2H]c1nc(-c2cc(-c3cccc4c3nc(-c3cc(C(C)(C)C)cc(C(C)(C)C)c3O)n4-c3ccc(-c4ccccc4)c(C([2H])([2H])[2H])c3)cc(C(C)(C)C)c2)c([2H])c(-c2c([2H])c([2H])c(C([2H])([2H])[2H])c([2H])c2[2H])c1[2H]. The number of aromatic hydroxyl groups is 1. The third-order valence-corrected chi connectivity index (χ3v) is 10.9. The summed E-state index contributed by atoms with van der Waals surface area (Å²) in [4.78, 5) is 9.83. The van der Waals surface area contributed by atoms with Gasteiger partial charge in [0.25, 0.3) is 0 Å². The first-order valence-corrected chi connectivity index (χ1v) is 20.1. The normalized spacial score (nSPS) is 15.8. The number of aromatic nitrogens is 3. The molecule has 302 valence electrons. The molecule has 0 amide bonds. The molecule has 0 saturated carbocycles. The lowest BCUT2D eigenvalue weighted by atomic mass is 9.79. The summed E-state index contributed by atoms with van der Waals surface area (Å²) in [6.45, 7) is 12.9. The summed E-state index contributed by atoms with van der Waals surface area (Å²) in [5.41, 5.74) is 4.17. The van der Waals surface area contributed by atoms with Crippen LogP contribution in [0.15, 0.2) is 139 Å². The van der Waals surface area contributed by atoms with Crippen LogP contribution < -0.4 is 0 Å². The van der Waals surface area contributed by atoms with Crippen molar-refractivity contribution in [3.05, 3.63) is 167 Å². The molecule has 2 heterocycles. The van der Waals surface area contributed by atoms with Crippen molar-refractivity contribution in [1.29, 1.82) is 0 Å². The molecule has 0 atom stereocenters. The number of nitrogens with zero attached hydrogens (tertiary/aromatic N) is 3. The largest absolute Gasteiger partial charge is 0.507 e. The fourth-order valence-corrected chi connectivity index (χ4v) is 7.49. The van der Waals surface area contributed by atoms with E-state index in [4.69, 9.17) is 21.4 Å². The van der Waals surface area contributed by atoms with Crippen LogP contribution in [-0.2, 0) is 16.2 Å². The number of phenols is 1. The third-order valence-electron chi connectivity index (χ3n) is 10.9. The summed E-state index contributed by atoms with van der Waals surface area (Å²) in [6.07, 6.45) is -0.604. The number of pyridine rings is 1. The maximum atomic E-state index is 12.4. The molecule has 0 aliphatic rings. The maximum absolute atomic E-state index is 12.4. The molecule has 0 aliphatic carbocycles. The standard InChI is InChI=1S/C56H57N3O/c1-35-20-22-37(23-21-35)39-26-27-57-49(32-39)41-29-40(30-42(31-41)54(3,4)5)46-18-15-19-50-51(46)58-53(47-33-43(55(6,7)8)34-48(52(47)60)56(9,10)11)59(50)44-24-25-45(36(2)28-44)38-16-13-12-14-17-38/h12-34,60H,1-11H3/i1D3,2D3,20D,21D,22D,23D,26D,27D,32D. The van der Waals surface area contributed by atoms with Gasteiger partial charge in [-0.25, -0.2) is 4.98 Å². The molecule has 8 aromatic rings. The second-order valence-corrected chi connectivity index (χ2v) is 18.5. The number of imidazole rings is 1. The number of rotatable bonds is 6. The summed E-state index contributed by atoms with van der Waals surface area (Å²) in [6, 6.07) is 25.5. The summed E-state index contributed by atoms with van der Waals surface area (Å²) in [5, 5.41) is 12.4. The van der Waals surface area contributed by atoms with E-state index in [1.165, 1.54) is 0 Å². The predicted octanol–water partition coefficient (Wildman–Crippen LogP) is 15.0. The van der Waals surface area contributed by atoms with Crippen LogP contribution in [-0.4, -0.2) is 19.6 Å². The van der Waals surface area contributed by atoms with Crippen LogP contribution in [0.4, 0.5) is 0 Å². The quantitative estimate of drug-likeness (QED) is 0.182. The highest BCUT2D eigenvalue weighted by Crippen LogP contribution is 2.45. The number of hydrogen-bond acceptors (Lipinski definition) is 3. The van der Waals surface area contributed by atoms with Gasteiger partial charge in [-0.2, -0.15) is 0 Å². The van der Waals surface area contributed by atoms with Crippen LogP contribution in [0.1, 0.15) is 108 Å². The lowest BCUT2D eigenvalue weighted by Crippen LogP contribution is -2.17. The van der Waals surface area contributed by atoms with Crippen LogP contribution in [0.3, 0.4) is 0 Å². The van der Waals surface area contributed by atoms with E-state index in [0.717, 1.165) is 16.7 Å². The second kappa shape index (κ2) is 15.1. The molecule has 0 unspecified atom stereocenters.